The van der Waals surface area contributed by atoms with Gasteiger partial charge in [-0.2, -0.15) is 4.57 Å². The van der Waals surface area contributed by atoms with E-state index in [1.807, 2.05) is 42.8 Å². The molecule has 0 fully saturated rings. The summed E-state index contributed by atoms with van der Waals surface area (Å²) in [4.78, 5) is 11.5. The highest BCUT2D eigenvalue weighted by Gasteiger charge is 2.14. The lowest BCUT2D eigenvalue weighted by molar-refractivity contribution is -0.690. The summed E-state index contributed by atoms with van der Waals surface area (Å²) in [7, 11) is 0. The Kier molecular flexibility index (Phi) is 3.38. The second-order valence-corrected chi connectivity index (χ2v) is 3.98. The first-order valence-corrected chi connectivity index (χ1v) is 5.75. The molecule has 3 heteroatoms. The minimum Gasteiger partial charge on any atom is -0.461 e. The van der Waals surface area contributed by atoms with Gasteiger partial charge in [0.2, 0.25) is 6.54 Å². The molecular formula is C14H16NO2+. The van der Waals surface area contributed by atoms with Gasteiger partial charge in [0.05, 0.1) is 6.61 Å². The van der Waals surface area contributed by atoms with E-state index in [1.54, 1.807) is 0 Å². The highest BCUT2D eigenvalue weighted by Crippen LogP contribution is 2.11. The lowest BCUT2D eigenvalue weighted by Crippen LogP contribution is -2.41. The Balaban J connectivity index is 2.34. The number of hydrogen-bond donors (Lipinski definition) is 0. The highest BCUT2D eigenvalue weighted by molar-refractivity contribution is 5.81. The number of carbonyl (C=O) groups is 1. The molecule has 2 rings (SSSR count). The molecule has 0 aliphatic rings. The van der Waals surface area contributed by atoms with Crippen LogP contribution >= 0.6 is 0 Å². The van der Waals surface area contributed by atoms with Gasteiger partial charge in [0.15, 0.2) is 11.9 Å². The number of carbonyl (C=O) groups excluding carboxylic acids is 1. The van der Waals surface area contributed by atoms with E-state index in [0.717, 1.165) is 11.1 Å². The largest absolute Gasteiger partial charge is 0.461 e. The number of esters is 1. The normalized spacial score (nSPS) is 10.5. The summed E-state index contributed by atoms with van der Waals surface area (Å²) >= 11 is 0. The maximum Gasteiger partial charge on any atom is 0.372 e. The van der Waals surface area contributed by atoms with Gasteiger partial charge in [0, 0.05) is 18.4 Å². The molecule has 1 heterocycles. The van der Waals surface area contributed by atoms with Gasteiger partial charge in [-0.25, -0.2) is 4.79 Å². The van der Waals surface area contributed by atoms with Gasteiger partial charge in [-0.05, 0) is 18.4 Å². The van der Waals surface area contributed by atoms with Crippen LogP contribution in [0, 0.1) is 6.92 Å². The summed E-state index contributed by atoms with van der Waals surface area (Å²) in [6, 6.07) is 10.2. The van der Waals surface area contributed by atoms with Crippen molar-refractivity contribution in [2.75, 3.05) is 6.61 Å². The zero-order valence-electron chi connectivity index (χ0n) is 10.1. The van der Waals surface area contributed by atoms with Gasteiger partial charge in [-0.15, -0.1) is 0 Å². The van der Waals surface area contributed by atoms with Crippen molar-refractivity contribution in [1.82, 2.24) is 0 Å². The van der Waals surface area contributed by atoms with E-state index in [1.165, 1.54) is 5.39 Å². The van der Waals surface area contributed by atoms with Crippen LogP contribution in [0.2, 0.25) is 0 Å². The van der Waals surface area contributed by atoms with Gasteiger partial charge in [-0.1, -0.05) is 18.2 Å². The molecule has 88 valence electrons. The number of aromatic nitrogens is 1. The Labute approximate surface area is 101 Å². The van der Waals surface area contributed by atoms with Crippen molar-refractivity contribution in [1.29, 1.82) is 0 Å². The number of fused-ring (bicyclic) bond motifs is 1. The first kappa shape index (κ1) is 11.6. The molecule has 0 saturated heterocycles. The summed E-state index contributed by atoms with van der Waals surface area (Å²) in [6.45, 7) is 4.50. The first-order valence-electron chi connectivity index (χ1n) is 5.75. The molecule has 0 spiro atoms. The zero-order chi connectivity index (χ0) is 12.3. The van der Waals surface area contributed by atoms with Crippen LogP contribution in [0.1, 0.15) is 12.6 Å². The fraction of sp³-hybridized carbons (Fsp3) is 0.286. The average molecular weight is 230 g/mol. The molecule has 0 amide bonds. The Morgan fingerprint density at radius 2 is 2.00 bits per heavy atom. The third-order valence-corrected chi connectivity index (χ3v) is 2.71. The van der Waals surface area contributed by atoms with Gasteiger partial charge in [-0.3, -0.25) is 0 Å². The molecule has 2 aromatic rings. The van der Waals surface area contributed by atoms with E-state index in [9.17, 15) is 4.79 Å². The van der Waals surface area contributed by atoms with E-state index in [4.69, 9.17) is 4.74 Å². The lowest BCUT2D eigenvalue weighted by atomic mass is 10.1. The first-order chi connectivity index (χ1) is 8.20. The van der Waals surface area contributed by atoms with Crippen molar-refractivity contribution in [2.45, 2.75) is 20.4 Å². The maximum atomic E-state index is 11.5. The second-order valence-electron chi connectivity index (χ2n) is 3.98. The standard InChI is InChI=1S/C14H16NO2/c1-3-17-14(16)10-15-9-13-7-5-4-6-12(13)8-11(15)2/h4-9H,3,10H2,1-2H3/q+1. The minimum absolute atomic E-state index is 0.198. The third kappa shape index (κ3) is 2.61. The van der Waals surface area contributed by atoms with Crippen LogP contribution in [0.15, 0.2) is 36.5 Å². The van der Waals surface area contributed by atoms with Crippen molar-refractivity contribution in [3.8, 4) is 0 Å². The van der Waals surface area contributed by atoms with Crippen molar-refractivity contribution in [2.24, 2.45) is 0 Å². The van der Waals surface area contributed by atoms with E-state index >= 15 is 0 Å². The molecule has 1 aromatic heterocycles. The van der Waals surface area contributed by atoms with E-state index in [0.29, 0.717) is 6.61 Å². The van der Waals surface area contributed by atoms with Crippen LogP contribution < -0.4 is 4.57 Å². The molecule has 1 aromatic carbocycles. The average Bonchev–Trinajstić information content (AvgIpc) is 2.30. The summed E-state index contributed by atoms with van der Waals surface area (Å²) in [5.41, 5.74) is 1.05. The predicted molar refractivity (Wildman–Crippen MR) is 65.5 cm³/mol. The van der Waals surface area contributed by atoms with Crippen LogP contribution in [-0.4, -0.2) is 12.6 Å². The van der Waals surface area contributed by atoms with Crippen molar-refractivity contribution in [3.05, 3.63) is 42.2 Å². The lowest BCUT2D eigenvalue weighted by Gasteiger charge is -2.03. The molecule has 0 unspecified atom stereocenters. The molecule has 0 N–H and O–H groups in total. The summed E-state index contributed by atoms with van der Waals surface area (Å²) < 4.78 is 6.87. The van der Waals surface area contributed by atoms with Gasteiger partial charge >= 0.3 is 5.97 Å². The van der Waals surface area contributed by atoms with Crippen LogP contribution in [0.3, 0.4) is 0 Å². The topological polar surface area (TPSA) is 30.2 Å². The number of aryl methyl sites for hydroxylation is 1. The SMILES string of the molecule is CCOC(=O)C[n+]1cc2ccccc2cc1C. The molecule has 0 aliphatic carbocycles. The molecule has 17 heavy (non-hydrogen) atoms. The third-order valence-electron chi connectivity index (χ3n) is 2.71. The fourth-order valence-electron chi connectivity index (χ4n) is 1.85. The molecular weight excluding hydrogens is 214 g/mol. The second kappa shape index (κ2) is 4.95. The quantitative estimate of drug-likeness (QED) is 0.596. The van der Waals surface area contributed by atoms with Crippen molar-refractivity contribution in [3.63, 3.8) is 0 Å². The Morgan fingerprint density at radius 3 is 2.71 bits per heavy atom. The minimum atomic E-state index is -0.198. The molecule has 3 nitrogen and oxygen atoms in total. The molecule has 0 aliphatic heterocycles. The van der Waals surface area contributed by atoms with Crippen molar-refractivity contribution < 1.29 is 14.1 Å². The molecule has 0 saturated carbocycles. The summed E-state index contributed by atoms with van der Waals surface area (Å²) in [6.07, 6.45) is 1.99. The zero-order valence-corrected chi connectivity index (χ0v) is 10.1. The molecule has 0 radical (unpaired) electrons. The van der Waals surface area contributed by atoms with Crippen LogP contribution in [0.25, 0.3) is 10.8 Å². The monoisotopic (exact) mass is 230 g/mol. The predicted octanol–water partition coefficient (Wildman–Crippen LogP) is 2.00. The molecule has 0 bridgehead atoms. The van der Waals surface area contributed by atoms with Gasteiger partial charge in [0.25, 0.3) is 0 Å². The molecule has 0 atom stereocenters. The number of hydrogen-bond acceptors (Lipinski definition) is 2. The van der Waals surface area contributed by atoms with Crippen molar-refractivity contribution >= 4 is 16.7 Å². The Hall–Kier alpha value is -1.90. The van der Waals surface area contributed by atoms with Gasteiger partial charge in [0.1, 0.15) is 0 Å². The van der Waals surface area contributed by atoms with Crippen LogP contribution in [-0.2, 0) is 16.1 Å². The van der Waals surface area contributed by atoms with E-state index in [2.05, 4.69) is 12.1 Å². The van der Waals surface area contributed by atoms with Crippen LogP contribution in [0.5, 0.6) is 0 Å². The number of nitrogens with zero attached hydrogens (tertiary/aromatic N) is 1. The number of pyridine rings is 1. The van der Waals surface area contributed by atoms with E-state index < -0.39 is 0 Å². The maximum absolute atomic E-state index is 11.5. The smallest absolute Gasteiger partial charge is 0.372 e. The summed E-state index contributed by atoms with van der Waals surface area (Å²) in [5, 5.41) is 2.31. The number of ether oxygens (including phenoxy) is 1. The van der Waals surface area contributed by atoms with Crippen LogP contribution in [0.4, 0.5) is 0 Å². The summed E-state index contributed by atoms with van der Waals surface area (Å²) in [5.74, 6) is -0.198. The number of rotatable bonds is 3. The highest BCUT2D eigenvalue weighted by atomic mass is 16.5. The number of benzene rings is 1. The Bertz CT molecular complexity index is 549. The van der Waals surface area contributed by atoms with Gasteiger partial charge < -0.3 is 4.74 Å². The van der Waals surface area contributed by atoms with E-state index in [-0.39, 0.29) is 12.5 Å². The Morgan fingerprint density at radius 1 is 1.29 bits per heavy atom. The fourth-order valence-corrected chi connectivity index (χ4v) is 1.85.